The summed E-state index contributed by atoms with van der Waals surface area (Å²) in [5.41, 5.74) is 0.790. The molecule has 2 fully saturated rings. The minimum atomic E-state index is -0.108. The Bertz CT molecular complexity index is 614. The van der Waals surface area contributed by atoms with Crippen LogP contribution in [0.15, 0.2) is 30.3 Å². The fourth-order valence-corrected chi connectivity index (χ4v) is 4.05. The summed E-state index contributed by atoms with van der Waals surface area (Å²) in [6.45, 7) is 7.12. The van der Waals surface area contributed by atoms with Gasteiger partial charge in [-0.05, 0) is 56.8 Å². The van der Waals surface area contributed by atoms with Crippen molar-refractivity contribution in [1.29, 1.82) is 0 Å². The van der Waals surface area contributed by atoms with Gasteiger partial charge in [0.25, 0.3) is 0 Å². The standard InChI is InChI=1S/C21H32N4O2/c1-2-22-15-17-10-13-24(14-11-17)20(26)18-7-6-12-25(16-18)21(27)23-19-8-4-3-5-9-19/h3-5,8-9,17-18,22H,2,6-7,10-16H2,1H3,(H,23,27). The van der Waals surface area contributed by atoms with Crippen molar-refractivity contribution >= 4 is 17.6 Å². The molecule has 2 aliphatic heterocycles. The van der Waals surface area contributed by atoms with Crippen molar-refractivity contribution in [3.63, 3.8) is 0 Å². The van der Waals surface area contributed by atoms with Gasteiger partial charge in [-0.25, -0.2) is 4.79 Å². The third-order valence-electron chi connectivity index (χ3n) is 5.69. The van der Waals surface area contributed by atoms with Crippen molar-refractivity contribution in [2.24, 2.45) is 11.8 Å². The Morgan fingerprint density at radius 3 is 2.48 bits per heavy atom. The summed E-state index contributed by atoms with van der Waals surface area (Å²) in [6.07, 6.45) is 3.91. The molecule has 0 spiro atoms. The SMILES string of the molecule is CCNCC1CCN(C(=O)C2CCCN(C(=O)Nc3ccccc3)C2)CC1. The summed E-state index contributed by atoms with van der Waals surface area (Å²) in [5, 5.41) is 6.34. The molecule has 3 rings (SSSR count). The second-order valence-electron chi connectivity index (χ2n) is 7.66. The first-order valence-electron chi connectivity index (χ1n) is 10.3. The van der Waals surface area contributed by atoms with Crippen LogP contribution in [0.1, 0.15) is 32.6 Å². The van der Waals surface area contributed by atoms with Crippen LogP contribution in [0, 0.1) is 11.8 Å². The number of urea groups is 1. The van der Waals surface area contributed by atoms with E-state index in [-0.39, 0.29) is 17.9 Å². The molecule has 27 heavy (non-hydrogen) atoms. The lowest BCUT2D eigenvalue weighted by atomic mass is 9.93. The molecule has 2 N–H and O–H groups in total. The minimum absolute atomic E-state index is 0.0643. The van der Waals surface area contributed by atoms with Gasteiger partial charge < -0.3 is 20.4 Å². The fourth-order valence-electron chi connectivity index (χ4n) is 4.05. The maximum Gasteiger partial charge on any atom is 0.321 e. The van der Waals surface area contributed by atoms with Gasteiger partial charge in [0.05, 0.1) is 5.92 Å². The number of anilines is 1. The van der Waals surface area contributed by atoms with Crippen LogP contribution in [0.2, 0.25) is 0 Å². The molecule has 0 aromatic heterocycles. The largest absolute Gasteiger partial charge is 0.342 e. The second-order valence-corrected chi connectivity index (χ2v) is 7.66. The van der Waals surface area contributed by atoms with Crippen molar-refractivity contribution in [2.75, 3.05) is 44.6 Å². The Morgan fingerprint density at radius 2 is 1.78 bits per heavy atom. The van der Waals surface area contributed by atoms with Gasteiger partial charge in [0.15, 0.2) is 0 Å². The highest BCUT2D eigenvalue weighted by molar-refractivity contribution is 5.90. The molecule has 3 amide bonds. The Morgan fingerprint density at radius 1 is 1.04 bits per heavy atom. The van der Waals surface area contributed by atoms with Crippen LogP contribution >= 0.6 is 0 Å². The van der Waals surface area contributed by atoms with Crippen molar-refractivity contribution in [2.45, 2.75) is 32.6 Å². The predicted octanol–water partition coefficient (Wildman–Crippen LogP) is 2.78. The Kier molecular flexibility index (Phi) is 7.10. The smallest absolute Gasteiger partial charge is 0.321 e. The van der Waals surface area contributed by atoms with E-state index in [4.69, 9.17) is 0 Å². The molecule has 0 radical (unpaired) electrons. The zero-order valence-corrected chi connectivity index (χ0v) is 16.3. The fraction of sp³-hybridized carbons (Fsp3) is 0.619. The topological polar surface area (TPSA) is 64.7 Å². The van der Waals surface area contributed by atoms with Gasteiger partial charge in [0, 0.05) is 31.9 Å². The highest BCUT2D eigenvalue weighted by Crippen LogP contribution is 2.23. The molecule has 0 aliphatic carbocycles. The highest BCUT2D eigenvalue weighted by Gasteiger charge is 2.32. The lowest BCUT2D eigenvalue weighted by molar-refractivity contribution is -0.138. The van der Waals surface area contributed by atoms with E-state index in [1.807, 2.05) is 35.2 Å². The molecule has 1 atom stereocenters. The number of rotatable bonds is 5. The van der Waals surface area contributed by atoms with Crippen LogP contribution < -0.4 is 10.6 Å². The van der Waals surface area contributed by atoms with Crippen molar-refractivity contribution in [1.82, 2.24) is 15.1 Å². The summed E-state index contributed by atoms with van der Waals surface area (Å²) in [5.74, 6) is 0.841. The van der Waals surface area contributed by atoms with E-state index >= 15 is 0 Å². The lowest BCUT2D eigenvalue weighted by Gasteiger charge is -2.38. The summed E-state index contributed by atoms with van der Waals surface area (Å²) in [4.78, 5) is 29.3. The molecule has 6 nitrogen and oxygen atoms in total. The number of likely N-dealkylation sites (tertiary alicyclic amines) is 2. The Labute approximate surface area is 162 Å². The Hall–Kier alpha value is -2.08. The van der Waals surface area contributed by atoms with Gasteiger partial charge >= 0.3 is 6.03 Å². The average molecular weight is 373 g/mol. The number of nitrogens with zero attached hydrogens (tertiary/aromatic N) is 2. The molecule has 0 bridgehead atoms. The van der Waals surface area contributed by atoms with Gasteiger partial charge in [-0.3, -0.25) is 4.79 Å². The maximum atomic E-state index is 13.0. The summed E-state index contributed by atoms with van der Waals surface area (Å²) in [6, 6.07) is 9.37. The summed E-state index contributed by atoms with van der Waals surface area (Å²) < 4.78 is 0. The van der Waals surface area contributed by atoms with Crippen LogP contribution in [-0.2, 0) is 4.79 Å². The van der Waals surface area contributed by atoms with Crippen LogP contribution in [-0.4, -0.2) is 61.0 Å². The van der Waals surface area contributed by atoms with Gasteiger partial charge in [0.1, 0.15) is 0 Å². The first kappa shape index (κ1) is 19.7. The number of piperidine rings is 2. The summed E-state index contributed by atoms with van der Waals surface area (Å²) >= 11 is 0. The van der Waals surface area contributed by atoms with Gasteiger partial charge in [-0.1, -0.05) is 25.1 Å². The lowest BCUT2D eigenvalue weighted by Crippen LogP contribution is -2.49. The molecule has 2 heterocycles. The maximum absolute atomic E-state index is 13.0. The quantitative estimate of drug-likeness (QED) is 0.835. The highest BCUT2D eigenvalue weighted by atomic mass is 16.2. The van der Waals surface area contributed by atoms with Crippen LogP contribution in [0.5, 0.6) is 0 Å². The molecule has 1 unspecified atom stereocenters. The van der Waals surface area contributed by atoms with E-state index in [1.54, 1.807) is 4.90 Å². The van der Waals surface area contributed by atoms with Gasteiger partial charge in [-0.2, -0.15) is 0 Å². The predicted molar refractivity (Wildman–Crippen MR) is 108 cm³/mol. The van der Waals surface area contributed by atoms with Crippen molar-refractivity contribution < 1.29 is 9.59 Å². The van der Waals surface area contributed by atoms with E-state index in [2.05, 4.69) is 17.6 Å². The number of benzene rings is 1. The molecule has 1 aromatic rings. The number of para-hydroxylation sites is 1. The molecule has 6 heteroatoms. The van der Waals surface area contributed by atoms with Gasteiger partial charge in [-0.15, -0.1) is 0 Å². The van der Waals surface area contributed by atoms with E-state index in [9.17, 15) is 9.59 Å². The zero-order chi connectivity index (χ0) is 19.1. The van der Waals surface area contributed by atoms with Crippen LogP contribution in [0.3, 0.4) is 0 Å². The van der Waals surface area contributed by atoms with E-state index in [0.717, 1.165) is 57.5 Å². The summed E-state index contributed by atoms with van der Waals surface area (Å²) in [7, 11) is 0. The minimum Gasteiger partial charge on any atom is -0.342 e. The van der Waals surface area contributed by atoms with Crippen LogP contribution in [0.25, 0.3) is 0 Å². The van der Waals surface area contributed by atoms with Gasteiger partial charge in [0.2, 0.25) is 5.91 Å². The van der Waals surface area contributed by atoms with E-state index in [0.29, 0.717) is 19.0 Å². The van der Waals surface area contributed by atoms with Crippen molar-refractivity contribution in [3.05, 3.63) is 30.3 Å². The first-order chi connectivity index (χ1) is 13.2. The third-order valence-corrected chi connectivity index (χ3v) is 5.69. The zero-order valence-electron chi connectivity index (χ0n) is 16.3. The molecule has 2 saturated heterocycles. The monoisotopic (exact) mass is 372 g/mol. The average Bonchev–Trinajstić information content (AvgIpc) is 2.73. The first-order valence-corrected chi connectivity index (χ1v) is 10.3. The van der Waals surface area contributed by atoms with E-state index < -0.39 is 0 Å². The van der Waals surface area contributed by atoms with Crippen molar-refractivity contribution in [3.8, 4) is 0 Å². The molecule has 1 aromatic carbocycles. The third kappa shape index (κ3) is 5.45. The normalized spacial score (nSPS) is 21.1. The second kappa shape index (κ2) is 9.74. The molecular weight excluding hydrogens is 340 g/mol. The van der Waals surface area contributed by atoms with Crippen LogP contribution in [0.4, 0.5) is 10.5 Å². The van der Waals surface area contributed by atoms with E-state index in [1.165, 1.54) is 0 Å². The number of carbonyl (C=O) groups excluding carboxylic acids is 2. The molecular formula is C21H32N4O2. The Balaban J connectivity index is 1.49. The number of nitrogens with one attached hydrogen (secondary N) is 2. The number of hydrogen-bond acceptors (Lipinski definition) is 3. The number of hydrogen-bond donors (Lipinski definition) is 2. The molecule has 2 aliphatic rings. The molecule has 148 valence electrons. The number of carbonyl (C=O) groups is 2. The molecule has 0 saturated carbocycles. The number of amides is 3.